The fraction of sp³-hybridized carbons (Fsp3) is 0.733. The average molecular weight is 208 g/mol. The summed E-state index contributed by atoms with van der Waals surface area (Å²) in [7, 11) is 0. The molecule has 0 N–H and O–H groups in total. The van der Waals surface area contributed by atoms with Gasteiger partial charge < -0.3 is 0 Å². The summed E-state index contributed by atoms with van der Waals surface area (Å²) in [4.78, 5) is 0. The van der Waals surface area contributed by atoms with Gasteiger partial charge in [0.15, 0.2) is 0 Å². The highest BCUT2D eigenvalue weighted by Crippen LogP contribution is 2.10. The van der Waals surface area contributed by atoms with E-state index in [9.17, 15) is 0 Å². The van der Waals surface area contributed by atoms with Crippen molar-refractivity contribution in [3.63, 3.8) is 0 Å². The monoisotopic (exact) mass is 208 g/mol. The Bertz CT molecular complexity index is 174. The third-order valence-electron chi connectivity index (χ3n) is 2.54. The van der Waals surface area contributed by atoms with Crippen molar-refractivity contribution in [3.8, 4) is 0 Å². The van der Waals surface area contributed by atoms with Gasteiger partial charge in [0.25, 0.3) is 0 Å². The summed E-state index contributed by atoms with van der Waals surface area (Å²) in [5, 5.41) is 0. The highest BCUT2D eigenvalue weighted by molar-refractivity contribution is 4.98. The number of allylic oxidation sites excluding steroid dienone is 3. The molecule has 0 heteroatoms. The minimum atomic E-state index is 0.875. The molecule has 0 heterocycles. The van der Waals surface area contributed by atoms with Gasteiger partial charge in [-0.2, -0.15) is 0 Å². The molecule has 0 saturated carbocycles. The quantitative estimate of drug-likeness (QED) is 0.346. The Hall–Kier alpha value is -0.520. The van der Waals surface area contributed by atoms with Gasteiger partial charge in [-0.05, 0) is 32.1 Å². The summed E-state index contributed by atoms with van der Waals surface area (Å²) in [5.74, 6) is 0.875. The molecule has 0 spiro atoms. The average Bonchev–Trinajstić information content (AvgIpc) is 2.14. The highest BCUT2D eigenvalue weighted by Gasteiger charge is 1.93. The molecule has 0 aliphatic rings. The second-order valence-corrected chi connectivity index (χ2v) is 5.02. The first kappa shape index (κ1) is 14.5. The van der Waals surface area contributed by atoms with Crippen molar-refractivity contribution in [3.05, 3.63) is 24.3 Å². The van der Waals surface area contributed by atoms with Crippen molar-refractivity contribution in [2.24, 2.45) is 5.92 Å². The molecule has 88 valence electrons. The fourth-order valence-corrected chi connectivity index (χ4v) is 1.57. The smallest absolute Gasteiger partial charge is 0.0144 e. The van der Waals surface area contributed by atoms with Gasteiger partial charge >= 0.3 is 0 Å². The topological polar surface area (TPSA) is 0 Å². The maximum Gasteiger partial charge on any atom is -0.0144 e. The molecule has 0 unspecified atom stereocenters. The van der Waals surface area contributed by atoms with Gasteiger partial charge in [-0.15, -0.1) is 0 Å². The molecule has 0 atom stereocenters. The van der Waals surface area contributed by atoms with Gasteiger partial charge in [0.05, 0.1) is 0 Å². The molecule has 0 fully saturated rings. The lowest BCUT2D eigenvalue weighted by Gasteiger charge is -2.03. The standard InChI is InChI=1S/C15H28/c1-14(2)12-10-8-6-5-7-9-11-13-15(3)4/h8,10,15H,1,5-7,9,11-13H2,2-4H3/b10-8+. The van der Waals surface area contributed by atoms with Gasteiger partial charge in [-0.3, -0.25) is 0 Å². The van der Waals surface area contributed by atoms with Crippen molar-refractivity contribution in [1.29, 1.82) is 0 Å². The predicted molar refractivity (Wildman–Crippen MR) is 71.1 cm³/mol. The van der Waals surface area contributed by atoms with Crippen molar-refractivity contribution in [2.45, 2.75) is 65.7 Å². The molecule has 0 aromatic heterocycles. The summed E-state index contributed by atoms with van der Waals surface area (Å²) in [6, 6.07) is 0. The van der Waals surface area contributed by atoms with Crippen LogP contribution in [-0.2, 0) is 0 Å². The Morgan fingerprint density at radius 3 is 2.33 bits per heavy atom. The Morgan fingerprint density at radius 2 is 1.73 bits per heavy atom. The lowest BCUT2D eigenvalue weighted by molar-refractivity contribution is 0.521. The van der Waals surface area contributed by atoms with Crippen molar-refractivity contribution >= 4 is 0 Å². The van der Waals surface area contributed by atoms with E-state index < -0.39 is 0 Å². The van der Waals surface area contributed by atoms with E-state index in [0.717, 1.165) is 12.3 Å². The van der Waals surface area contributed by atoms with E-state index in [4.69, 9.17) is 0 Å². The van der Waals surface area contributed by atoms with Gasteiger partial charge in [-0.25, -0.2) is 0 Å². The van der Waals surface area contributed by atoms with Crippen LogP contribution >= 0.6 is 0 Å². The van der Waals surface area contributed by atoms with Crippen LogP contribution in [0.3, 0.4) is 0 Å². The molecular weight excluding hydrogens is 180 g/mol. The van der Waals surface area contributed by atoms with Crippen LogP contribution in [0.4, 0.5) is 0 Å². The molecule has 0 nitrogen and oxygen atoms in total. The number of hydrogen-bond donors (Lipinski definition) is 0. The van der Waals surface area contributed by atoms with Crippen LogP contribution in [0.2, 0.25) is 0 Å². The van der Waals surface area contributed by atoms with Gasteiger partial charge in [0.2, 0.25) is 0 Å². The van der Waals surface area contributed by atoms with Gasteiger partial charge in [0, 0.05) is 0 Å². The second kappa shape index (κ2) is 10.0. The molecule has 0 saturated heterocycles. The van der Waals surface area contributed by atoms with E-state index in [-0.39, 0.29) is 0 Å². The van der Waals surface area contributed by atoms with E-state index >= 15 is 0 Å². The first-order chi connectivity index (χ1) is 7.13. The molecule has 0 aromatic rings. The number of unbranched alkanes of at least 4 members (excludes halogenated alkanes) is 4. The van der Waals surface area contributed by atoms with Crippen LogP contribution in [0.5, 0.6) is 0 Å². The van der Waals surface area contributed by atoms with Crippen molar-refractivity contribution in [2.75, 3.05) is 0 Å². The van der Waals surface area contributed by atoms with E-state index in [0.29, 0.717) is 0 Å². The number of rotatable bonds is 9. The number of hydrogen-bond acceptors (Lipinski definition) is 0. The molecule has 0 rings (SSSR count). The molecule has 15 heavy (non-hydrogen) atoms. The molecule has 0 aliphatic carbocycles. The van der Waals surface area contributed by atoms with Gasteiger partial charge in [0.1, 0.15) is 0 Å². The zero-order valence-corrected chi connectivity index (χ0v) is 10.9. The Labute approximate surface area is 96.5 Å². The summed E-state index contributed by atoms with van der Waals surface area (Å²) >= 11 is 0. The summed E-state index contributed by atoms with van der Waals surface area (Å²) in [5.41, 5.74) is 1.25. The van der Waals surface area contributed by atoms with Crippen LogP contribution in [0.15, 0.2) is 24.3 Å². The Kier molecular flexibility index (Phi) is 9.67. The SMILES string of the molecule is C=C(C)C/C=C/CCCCCCC(C)C. The van der Waals surface area contributed by atoms with Gasteiger partial charge in [-0.1, -0.05) is 63.8 Å². The van der Waals surface area contributed by atoms with Crippen LogP contribution in [0.1, 0.15) is 65.7 Å². The van der Waals surface area contributed by atoms with Crippen LogP contribution < -0.4 is 0 Å². The lowest BCUT2D eigenvalue weighted by atomic mass is 10.0. The summed E-state index contributed by atoms with van der Waals surface area (Å²) in [6.45, 7) is 10.6. The Balaban J connectivity index is 3.11. The highest BCUT2D eigenvalue weighted by atomic mass is 14.0. The second-order valence-electron chi connectivity index (χ2n) is 5.02. The first-order valence-corrected chi connectivity index (χ1v) is 6.42. The molecular formula is C15H28. The first-order valence-electron chi connectivity index (χ1n) is 6.42. The maximum atomic E-state index is 3.88. The predicted octanol–water partition coefficient (Wildman–Crippen LogP) is 5.51. The van der Waals surface area contributed by atoms with E-state index in [1.165, 1.54) is 44.1 Å². The molecule has 0 bridgehead atoms. The molecule has 0 radical (unpaired) electrons. The maximum absolute atomic E-state index is 3.88. The molecule has 0 aliphatic heterocycles. The minimum Gasteiger partial charge on any atom is -0.0998 e. The van der Waals surface area contributed by atoms with E-state index in [1.54, 1.807) is 0 Å². The minimum absolute atomic E-state index is 0.875. The summed E-state index contributed by atoms with van der Waals surface area (Å²) in [6.07, 6.45) is 13.8. The third-order valence-corrected chi connectivity index (χ3v) is 2.54. The third kappa shape index (κ3) is 13.5. The van der Waals surface area contributed by atoms with E-state index in [2.05, 4.69) is 39.5 Å². The molecule has 0 amide bonds. The zero-order chi connectivity index (χ0) is 11.5. The van der Waals surface area contributed by atoms with Crippen molar-refractivity contribution in [1.82, 2.24) is 0 Å². The Morgan fingerprint density at radius 1 is 1.07 bits per heavy atom. The van der Waals surface area contributed by atoms with Crippen molar-refractivity contribution < 1.29 is 0 Å². The lowest BCUT2D eigenvalue weighted by Crippen LogP contribution is -1.86. The largest absolute Gasteiger partial charge is 0.0998 e. The van der Waals surface area contributed by atoms with Crippen LogP contribution in [0.25, 0.3) is 0 Å². The fourth-order valence-electron chi connectivity index (χ4n) is 1.57. The summed E-state index contributed by atoms with van der Waals surface area (Å²) < 4.78 is 0. The zero-order valence-electron chi connectivity index (χ0n) is 10.9. The van der Waals surface area contributed by atoms with Crippen LogP contribution in [0, 0.1) is 5.92 Å². The van der Waals surface area contributed by atoms with E-state index in [1.807, 2.05) is 0 Å². The van der Waals surface area contributed by atoms with Crippen LogP contribution in [-0.4, -0.2) is 0 Å². The molecule has 0 aromatic carbocycles. The normalized spacial score (nSPS) is 11.5.